The van der Waals surface area contributed by atoms with Gasteiger partial charge >= 0.3 is 0 Å². The molecule has 0 radical (unpaired) electrons. The molecule has 0 saturated carbocycles. The highest BCUT2D eigenvalue weighted by Gasteiger charge is 2.14. The van der Waals surface area contributed by atoms with Crippen molar-refractivity contribution in [3.8, 4) is 0 Å². The molecule has 0 aromatic heterocycles. The molecular weight excluding hydrogens is 464 g/mol. The van der Waals surface area contributed by atoms with Crippen molar-refractivity contribution in [2.45, 2.75) is 99.0 Å². The Morgan fingerprint density at radius 1 is 0.921 bits per heavy atom. The zero-order valence-electron chi connectivity index (χ0n) is 25.2. The van der Waals surface area contributed by atoms with E-state index in [0.717, 1.165) is 50.2 Å². The van der Waals surface area contributed by atoms with Crippen LogP contribution in [0.1, 0.15) is 96.8 Å². The van der Waals surface area contributed by atoms with Crippen LogP contribution in [0.4, 0.5) is 0 Å². The average Bonchev–Trinajstić information content (AvgIpc) is 2.96. The first-order chi connectivity index (χ1) is 18.6. The second kappa shape index (κ2) is 21.3. The summed E-state index contributed by atoms with van der Waals surface area (Å²) in [5.74, 6) is 0. The normalized spacial score (nSPS) is 15.2. The van der Waals surface area contributed by atoms with Crippen molar-refractivity contribution in [2.75, 3.05) is 19.7 Å². The summed E-state index contributed by atoms with van der Waals surface area (Å²) in [6.07, 6.45) is 13.9. The Kier molecular flexibility index (Phi) is 18.7. The number of hydrogen-bond acceptors (Lipinski definition) is 3. The molecule has 0 amide bonds. The zero-order valence-corrected chi connectivity index (χ0v) is 25.2. The van der Waals surface area contributed by atoms with Crippen LogP contribution in [0.15, 0.2) is 77.9 Å². The van der Waals surface area contributed by atoms with Gasteiger partial charge in [0.05, 0.1) is 23.7 Å². The summed E-state index contributed by atoms with van der Waals surface area (Å²) in [5.41, 5.74) is 5.83. The van der Waals surface area contributed by atoms with Gasteiger partial charge < -0.3 is 9.64 Å². The maximum atomic E-state index is 5.85. The third-order valence-electron chi connectivity index (χ3n) is 6.41. The first-order valence-corrected chi connectivity index (χ1v) is 15.0. The molecular formula is C35H54N2O. The van der Waals surface area contributed by atoms with Crippen LogP contribution >= 0.6 is 0 Å². The highest BCUT2D eigenvalue weighted by Crippen LogP contribution is 2.20. The Bertz CT molecular complexity index is 903. The van der Waals surface area contributed by atoms with Crippen molar-refractivity contribution in [1.82, 2.24) is 4.90 Å². The molecule has 38 heavy (non-hydrogen) atoms. The second-order valence-electron chi connectivity index (χ2n) is 9.53. The number of rotatable bonds is 12. The maximum absolute atomic E-state index is 5.85. The second-order valence-corrected chi connectivity index (χ2v) is 9.53. The molecule has 2 aromatic carbocycles. The Balaban J connectivity index is 0.000000548. The summed E-state index contributed by atoms with van der Waals surface area (Å²) in [4.78, 5) is 7.04. The number of nitrogens with zero attached hydrogens (tertiary/aromatic N) is 2. The van der Waals surface area contributed by atoms with Crippen molar-refractivity contribution >= 4 is 11.9 Å². The fraction of sp³-hybridized carbons (Fsp3) is 0.514. The van der Waals surface area contributed by atoms with E-state index in [2.05, 4.69) is 105 Å². The highest BCUT2D eigenvalue weighted by molar-refractivity contribution is 5.83. The predicted octanol–water partition coefficient (Wildman–Crippen LogP) is 9.53. The first kappa shape index (κ1) is 33.4. The molecule has 210 valence electrons. The molecule has 3 heteroatoms. The van der Waals surface area contributed by atoms with Crippen LogP contribution in [0, 0.1) is 0 Å². The van der Waals surface area contributed by atoms with E-state index in [0.29, 0.717) is 6.10 Å². The van der Waals surface area contributed by atoms with Crippen molar-refractivity contribution in [1.29, 1.82) is 0 Å². The molecule has 1 fully saturated rings. The Hall–Kier alpha value is -2.65. The molecule has 1 unspecified atom stereocenters. The predicted molar refractivity (Wildman–Crippen MR) is 169 cm³/mol. The summed E-state index contributed by atoms with van der Waals surface area (Å²) in [6.45, 7) is 19.9. The molecule has 0 bridgehead atoms. The number of ether oxygens (including phenoxy) is 1. The van der Waals surface area contributed by atoms with E-state index in [4.69, 9.17) is 4.74 Å². The van der Waals surface area contributed by atoms with Crippen LogP contribution in [0.5, 0.6) is 0 Å². The van der Waals surface area contributed by atoms with Crippen LogP contribution in [0.3, 0.4) is 0 Å². The standard InChI is InChI=1S/C24H36N2O.C9H12.C2H6/c1-5-15-26(16-6-2)23(7-3)19-25-20(4)22-13-11-21(12-14-22)18-24-10-8-9-17-27-24;1-2-6-9-7-4-3-5-8-9;1-2/h7,11-14,19,24H,4-6,8-10,15-18H2,1-3H3;3-5,7-8H,2,6H2,1H3;1-2H3/b23-7+,25-19?;;. The monoisotopic (exact) mass is 518 g/mol. The lowest BCUT2D eigenvalue weighted by Gasteiger charge is -2.24. The summed E-state index contributed by atoms with van der Waals surface area (Å²) in [6, 6.07) is 19.2. The SMILES string of the molecule is C=C(N=C/C(=C\C)N(CCC)CCC)c1ccc(CC2CCCCO2)cc1.CC.CCCc1ccccc1. The van der Waals surface area contributed by atoms with E-state index in [-0.39, 0.29) is 0 Å². The lowest BCUT2D eigenvalue weighted by atomic mass is 10.00. The van der Waals surface area contributed by atoms with E-state index in [9.17, 15) is 0 Å². The summed E-state index contributed by atoms with van der Waals surface area (Å²) >= 11 is 0. The molecule has 0 aliphatic carbocycles. The van der Waals surface area contributed by atoms with E-state index in [1.165, 1.54) is 48.9 Å². The molecule has 1 saturated heterocycles. The largest absolute Gasteiger partial charge is 0.378 e. The molecule has 1 aliphatic heterocycles. The smallest absolute Gasteiger partial charge is 0.0631 e. The van der Waals surface area contributed by atoms with Gasteiger partial charge in [-0.05, 0) is 68.6 Å². The third kappa shape index (κ3) is 13.2. The first-order valence-electron chi connectivity index (χ1n) is 15.0. The van der Waals surface area contributed by atoms with E-state index < -0.39 is 0 Å². The summed E-state index contributed by atoms with van der Waals surface area (Å²) in [5, 5.41) is 0. The number of allylic oxidation sites excluding steroid dienone is 2. The minimum Gasteiger partial charge on any atom is -0.378 e. The highest BCUT2D eigenvalue weighted by atomic mass is 16.5. The summed E-state index contributed by atoms with van der Waals surface area (Å²) < 4.78 is 5.85. The van der Waals surface area contributed by atoms with E-state index in [1.807, 2.05) is 20.1 Å². The zero-order chi connectivity index (χ0) is 28.0. The Morgan fingerprint density at radius 2 is 1.58 bits per heavy atom. The molecule has 3 nitrogen and oxygen atoms in total. The van der Waals surface area contributed by atoms with Gasteiger partial charge in [0.2, 0.25) is 0 Å². The van der Waals surface area contributed by atoms with Gasteiger partial charge in [0, 0.05) is 19.7 Å². The fourth-order valence-corrected chi connectivity index (χ4v) is 4.47. The van der Waals surface area contributed by atoms with Gasteiger partial charge in [-0.3, -0.25) is 4.99 Å². The number of aliphatic imine (C=N–C) groups is 1. The van der Waals surface area contributed by atoms with Gasteiger partial charge in [0.1, 0.15) is 0 Å². The molecule has 0 N–H and O–H groups in total. The van der Waals surface area contributed by atoms with Gasteiger partial charge in [0.15, 0.2) is 0 Å². The van der Waals surface area contributed by atoms with Crippen molar-refractivity contribution in [3.05, 3.63) is 89.6 Å². The third-order valence-corrected chi connectivity index (χ3v) is 6.41. The average molecular weight is 519 g/mol. The lowest BCUT2D eigenvalue weighted by Crippen LogP contribution is -2.25. The van der Waals surface area contributed by atoms with Crippen LogP contribution in [0.25, 0.3) is 5.70 Å². The molecule has 2 aromatic rings. The molecule has 1 heterocycles. The van der Waals surface area contributed by atoms with Crippen molar-refractivity contribution < 1.29 is 4.74 Å². The Labute approximate surface area is 234 Å². The minimum atomic E-state index is 0.381. The van der Waals surface area contributed by atoms with Gasteiger partial charge in [-0.15, -0.1) is 0 Å². The Morgan fingerprint density at radius 3 is 2.11 bits per heavy atom. The van der Waals surface area contributed by atoms with Gasteiger partial charge in [0.25, 0.3) is 0 Å². The van der Waals surface area contributed by atoms with Gasteiger partial charge in [-0.1, -0.05) is 108 Å². The van der Waals surface area contributed by atoms with Gasteiger partial charge in [-0.25, -0.2) is 0 Å². The van der Waals surface area contributed by atoms with Crippen molar-refractivity contribution in [2.24, 2.45) is 4.99 Å². The quantitative estimate of drug-likeness (QED) is 0.261. The van der Waals surface area contributed by atoms with Crippen LogP contribution in [0.2, 0.25) is 0 Å². The number of aryl methyl sites for hydroxylation is 1. The maximum Gasteiger partial charge on any atom is 0.0631 e. The fourth-order valence-electron chi connectivity index (χ4n) is 4.47. The van der Waals surface area contributed by atoms with E-state index >= 15 is 0 Å². The van der Waals surface area contributed by atoms with Gasteiger partial charge in [-0.2, -0.15) is 0 Å². The molecule has 0 spiro atoms. The number of hydrogen-bond donors (Lipinski definition) is 0. The number of benzene rings is 2. The van der Waals surface area contributed by atoms with Crippen LogP contribution in [-0.4, -0.2) is 36.9 Å². The molecule has 1 atom stereocenters. The summed E-state index contributed by atoms with van der Waals surface area (Å²) in [7, 11) is 0. The van der Waals surface area contributed by atoms with Crippen molar-refractivity contribution in [3.63, 3.8) is 0 Å². The van der Waals surface area contributed by atoms with E-state index in [1.54, 1.807) is 0 Å². The molecule has 1 aliphatic rings. The van der Waals surface area contributed by atoms with Crippen LogP contribution < -0.4 is 0 Å². The lowest BCUT2D eigenvalue weighted by molar-refractivity contribution is 0.0168. The topological polar surface area (TPSA) is 24.8 Å². The van der Waals surface area contributed by atoms with Crippen LogP contribution in [-0.2, 0) is 17.6 Å². The molecule has 3 rings (SSSR count). The minimum absolute atomic E-state index is 0.381.